The summed E-state index contributed by atoms with van der Waals surface area (Å²) in [4.78, 5) is 28.7. The molecule has 0 saturated carbocycles. The Morgan fingerprint density at radius 3 is 2.52 bits per heavy atom. The Morgan fingerprint density at radius 2 is 1.89 bits per heavy atom. The van der Waals surface area contributed by atoms with Crippen LogP contribution in [0.1, 0.15) is 32.8 Å². The lowest BCUT2D eigenvalue weighted by molar-refractivity contribution is -0.134. The number of methoxy groups -OCH3 is 1. The minimum atomic E-state index is -0.552. The van der Waals surface area contributed by atoms with E-state index < -0.39 is 5.60 Å². The number of esters is 1. The largest absolute Gasteiger partial charge is 0.466 e. The molecule has 0 aliphatic carbocycles. The molecule has 1 amide bonds. The van der Waals surface area contributed by atoms with Gasteiger partial charge in [0.1, 0.15) is 5.60 Å². The zero-order chi connectivity index (χ0) is 19.6. The summed E-state index contributed by atoms with van der Waals surface area (Å²) in [6, 6.07) is 10.1. The van der Waals surface area contributed by atoms with Crippen molar-refractivity contribution in [1.82, 2.24) is 9.80 Å². The number of hydrogen-bond donors (Lipinski definition) is 0. The number of benzene rings is 1. The summed E-state index contributed by atoms with van der Waals surface area (Å²) in [6.07, 6.45) is 1.89. The normalized spacial score (nSPS) is 24.1. The number of fused-ring (bicyclic) bond motifs is 2. The maximum Gasteiger partial charge on any atom is 0.411 e. The lowest BCUT2D eigenvalue weighted by Crippen LogP contribution is -2.56. The van der Waals surface area contributed by atoms with Gasteiger partial charge in [-0.1, -0.05) is 30.3 Å². The fourth-order valence-corrected chi connectivity index (χ4v) is 3.84. The molecule has 6 heteroatoms. The van der Waals surface area contributed by atoms with Crippen LogP contribution >= 0.6 is 0 Å². The zero-order valence-corrected chi connectivity index (χ0v) is 16.5. The summed E-state index contributed by atoms with van der Waals surface area (Å²) in [5.41, 5.74) is 1.62. The van der Waals surface area contributed by atoms with E-state index in [1.54, 1.807) is 0 Å². The molecule has 2 fully saturated rings. The SMILES string of the molecule is COC(=O)/C=C1\C[C@@H]2CN(Cc3ccccc3)CC1N2C(=O)OC(C)(C)C. The Hall–Kier alpha value is -2.34. The molecule has 2 bridgehead atoms. The van der Waals surface area contributed by atoms with Gasteiger partial charge in [-0.15, -0.1) is 0 Å². The highest BCUT2D eigenvalue weighted by Crippen LogP contribution is 2.36. The first-order chi connectivity index (χ1) is 12.8. The number of amides is 1. The van der Waals surface area contributed by atoms with Crippen molar-refractivity contribution < 1.29 is 19.1 Å². The van der Waals surface area contributed by atoms with Crippen molar-refractivity contribution in [3.63, 3.8) is 0 Å². The molecular formula is C21H28N2O4. The number of carbonyl (C=O) groups excluding carboxylic acids is 2. The van der Waals surface area contributed by atoms with E-state index in [4.69, 9.17) is 9.47 Å². The van der Waals surface area contributed by atoms with Crippen LogP contribution in [0.2, 0.25) is 0 Å². The second-order valence-corrected chi connectivity index (χ2v) is 8.18. The van der Waals surface area contributed by atoms with E-state index in [0.29, 0.717) is 13.0 Å². The second-order valence-electron chi connectivity index (χ2n) is 8.18. The molecule has 1 aromatic rings. The Balaban J connectivity index is 1.80. The van der Waals surface area contributed by atoms with E-state index in [9.17, 15) is 9.59 Å². The number of hydrogen-bond acceptors (Lipinski definition) is 5. The van der Waals surface area contributed by atoms with Crippen molar-refractivity contribution in [2.45, 2.75) is 51.4 Å². The van der Waals surface area contributed by atoms with Gasteiger partial charge >= 0.3 is 12.1 Å². The molecule has 0 aromatic heterocycles. The molecule has 0 radical (unpaired) electrons. The predicted octanol–water partition coefficient (Wildman–Crippen LogP) is 2.98. The molecule has 6 nitrogen and oxygen atoms in total. The van der Waals surface area contributed by atoms with Gasteiger partial charge < -0.3 is 9.47 Å². The van der Waals surface area contributed by atoms with Crippen molar-refractivity contribution in [3.05, 3.63) is 47.5 Å². The fraction of sp³-hybridized carbons (Fsp3) is 0.524. The summed E-state index contributed by atoms with van der Waals surface area (Å²) in [5.74, 6) is -0.378. The molecule has 146 valence electrons. The summed E-state index contributed by atoms with van der Waals surface area (Å²) in [7, 11) is 1.37. The van der Waals surface area contributed by atoms with Gasteiger partial charge in [-0.3, -0.25) is 9.80 Å². The predicted molar refractivity (Wildman–Crippen MR) is 102 cm³/mol. The molecule has 0 N–H and O–H groups in total. The van der Waals surface area contributed by atoms with E-state index in [1.165, 1.54) is 18.7 Å². The number of carbonyl (C=O) groups is 2. The molecule has 2 aliphatic rings. The molecule has 2 heterocycles. The molecule has 2 saturated heterocycles. The average Bonchev–Trinajstić information content (AvgIpc) is 2.81. The molecule has 2 aliphatic heterocycles. The van der Waals surface area contributed by atoms with E-state index in [1.807, 2.05) is 43.9 Å². The van der Waals surface area contributed by atoms with Gasteiger partial charge in [0.05, 0.1) is 19.2 Å². The molecule has 0 spiro atoms. The monoisotopic (exact) mass is 372 g/mol. The van der Waals surface area contributed by atoms with Gasteiger partial charge in [0.15, 0.2) is 0 Å². The highest BCUT2D eigenvalue weighted by Gasteiger charge is 2.47. The fourth-order valence-electron chi connectivity index (χ4n) is 3.84. The minimum absolute atomic E-state index is 0.00165. The van der Waals surface area contributed by atoms with Crippen LogP contribution in [0, 0.1) is 0 Å². The van der Waals surface area contributed by atoms with E-state index in [2.05, 4.69) is 17.0 Å². The molecule has 2 atom stereocenters. The molecule has 27 heavy (non-hydrogen) atoms. The van der Waals surface area contributed by atoms with Crippen molar-refractivity contribution in [1.29, 1.82) is 0 Å². The Kier molecular flexibility index (Phi) is 5.56. The summed E-state index contributed by atoms with van der Waals surface area (Å²) in [5, 5.41) is 0. The first kappa shape index (κ1) is 19.4. The average molecular weight is 372 g/mol. The lowest BCUT2D eigenvalue weighted by atomic mass is 10.1. The summed E-state index contributed by atoms with van der Waals surface area (Å²) >= 11 is 0. The maximum atomic E-state index is 12.8. The van der Waals surface area contributed by atoms with Gasteiger partial charge in [0, 0.05) is 25.7 Å². The highest BCUT2D eigenvalue weighted by molar-refractivity contribution is 5.83. The van der Waals surface area contributed by atoms with Crippen LogP contribution < -0.4 is 0 Å². The van der Waals surface area contributed by atoms with Gasteiger partial charge in [-0.2, -0.15) is 0 Å². The number of rotatable bonds is 3. The van der Waals surface area contributed by atoms with Gasteiger partial charge in [0.25, 0.3) is 0 Å². The third-order valence-electron chi connectivity index (χ3n) is 4.89. The number of ether oxygens (including phenoxy) is 2. The van der Waals surface area contributed by atoms with E-state index in [-0.39, 0.29) is 24.1 Å². The Bertz CT molecular complexity index is 723. The quantitative estimate of drug-likeness (QED) is 0.603. The Morgan fingerprint density at radius 1 is 1.19 bits per heavy atom. The molecule has 3 rings (SSSR count). The van der Waals surface area contributed by atoms with Gasteiger partial charge in [0.2, 0.25) is 0 Å². The van der Waals surface area contributed by atoms with E-state index in [0.717, 1.165) is 18.7 Å². The zero-order valence-electron chi connectivity index (χ0n) is 16.5. The van der Waals surface area contributed by atoms with Crippen molar-refractivity contribution in [2.24, 2.45) is 0 Å². The molecular weight excluding hydrogens is 344 g/mol. The standard InChI is InChI=1S/C21H28N2O4/c1-21(2,3)27-20(25)23-17-10-16(11-19(24)26-4)18(23)14-22(13-17)12-15-8-6-5-7-9-15/h5-9,11,17-18H,10,12-14H2,1-4H3/b16-11+/t17-,18?/m1/s1. The third-order valence-corrected chi connectivity index (χ3v) is 4.89. The second kappa shape index (κ2) is 7.72. The van der Waals surface area contributed by atoms with Crippen LogP contribution in [0.4, 0.5) is 4.79 Å². The van der Waals surface area contributed by atoms with Gasteiger partial charge in [-0.05, 0) is 38.3 Å². The maximum absolute atomic E-state index is 12.8. The van der Waals surface area contributed by atoms with Crippen molar-refractivity contribution >= 4 is 12.1 Å². The minimum Gasteiger partial charge on any atom is -0.466 e. The van der Waals surface area contributed by atoms with Gasteiger partial charge in [-0.25, -0.2) is 9.59 Å². The number of piperazine rings is 1. The number of nitrogens with zero attached hydrogens (tertiary/aromatic N) is 2. The smallest absolute Gasteiger partial charge is 0.411 e. The van der Waals surface area contributed by atoms with Crippen molar-refractivity contribution in [3.8, 4) is 0 Å². The Labute approximate surface area is 160 Å². The molecule has 1 aromatic carbocycles. The summed E-state index contributed by atoms with van der Waals surface area (Å²) < 4.78 is 10.4. The third kappa shape index (κ3) is 4.69. The lowest BCUT2D eigenvalue weighted by Gasteiger charge is -2.41. The van der Waals surface area contributed by atoms with Crippen LogP contribution in [0.25, 0.3) is 0 Å². The van der Waals surface area contributed by atoms with Crippen LogP contribution in [0.15, 0.2) is 42.0 Å². The van der Waals surface area contributed by atoms with Crippen LogP contribution in [0.3, 0.4) is 0 Å². The first-order valence-electron chi connectivity index (χ1n) is 9.33. The van der Waals surface area contributed by atoms with Crippen LogP contribution in [-0.4, -0.2) is 59.7 Å². The topological polar surface area (TPSA) is 59.1 Å². The van der Waals surface area contributed by atoms with E-state index >= 15 is 0 Å². The van der Waals surface area contributed by atoms with Crippen molar-refractivity contribution in [2.75, 3.05) is 20.2 Å². The van der Waals surface area contributed by atoms with Crippen LogP contribution in [-0.2, 0) is 20.8 Å². The number of likely N-dealkylation sites (tertiary alicyclic amines) is 1. The highest BCUT2D eigenvalue weighted by atomic mass is 16.6. The van der Waals surface area contributed by atoms with Crippen LogP contribution in [0.5, 0.6) is 0 Å². The molecule has 1 unspecified atom stereocenters. The summed E-state index contributed by atoms with van der Waals surface area (Å²) in [6.45, 7) is 7.84. The first-order valence-corrected chi connectivity index (χ1v) is 9.33.